The van der Waals surface area contributed by atoms with E-state index in [0.29, 0.717) is 6.61 Å². The number of nitrogens with one attached hydrogen (secondary N) is 2. The molecule has 6 heteroatoms. The molecule has 1 heterocycles. The lowest BCUT2D eigenvalue weighted by Crippen LogP contribution is -2.44. The molecule has 1 aromatic carbocycles. The highest BCUT2D eigenvalue weighted by molar-refractivity contribution is 14.0. The van der Waals surface area contributed by atoms with Crippen LogP contribution in [0.4, 0.5) is 0 Å². The van der Waals surface area contributed by atoms with Crippen LogP contribution in [0.15, 0.2) is 35.3 Å². The molecule has 1 aliphatic heterocycles. The van der Waals surface area contributed by atoms with Crippen molar-refractivity contribution in [2.75, 3.05) is 46.4 Å². The molecular weight excluding hydrogens is 427 g/mol. The number of halogens is 1. The van der Waals surface area contributed by atoms with Crippen LogP contribution in [-0.4, -0.2) is 57.2 Å². The highest BCUT2D eigenvalue weighted by Crippen LogP contribution is 2.15. The number of hydrogen-bond acceptors (Lipinski definition) is 3. The van der Waals surface area contributed by atoms with Crippen LogP contribution in [-0.2, 0) is 0 Å². The third kappa shape index (κ3) is 8.76. The van der Waals surface area contributed by atoms with Gasteiger partial charge >= 0.3 is 0 Å². The number of aliphatic imine (C=N–C) groups is 1. The Morgan fingerprint density at radius 1 is 1.28 bits per heavy atom. The molecule has 1 fully saturated rings. The van der Waals surface area contributed by atoms with Crippen molar-refractivity contribution in [2.45, 2.75) is 26.2 Å². The van der Waals surface area contributed by atoms with E-state index in [1.54, 1.807) is 0 Å². The third-order valence-electron chi connectivity index (χ3n) is 4.46. The second-order valence-electron chi connectivity index (χ2n) is 6.30. The molecule has 0 aliphatic carbocycles. The first-order chi connectivity index (χ1) is 11.8. The second-order valence-corrected chi connectivity index (χ2v) is 6.30. The maximum Gasteiger partial charge on any atom is 0.190 e. The zero-order valence-corrected chi connectivity index (χ0v) is 17.9. The molecular formula is C19H33IN4O. The van der Waals surface area contributed by atoms with Crippen LogP contribution in [0.5, 0.6) is 5.75 Å². The fourth-order valence-electron chi connectivity index (χ4n) is 3.05. The molecule has 1 unspecified atom stereocenters. The molecule has 1 atom stereocenters. The van der Waals surface area contributed by atoms with Crippen molar-refractivity contribution in [1.82, 2.24) is 15.5 Å². The summed E-state index contributed by atoms with van der Waals surface area (Å²) in [6.45, 7) is 8.42. The van der Waals surface area contributed by atoms with E-state index in [2.05, 4.69) is 27.4 Å². The van der Waals surface area contributed by atoms with Crippen molar-refractivity contribution in [3.8, 4) is 5.75 Å². The van der Waals surface area contributed by atoms with Gasteiger partial charge in [0.1, 0.15) is 5.75 Å². The summed E-state index contributed by atoms with van der Waals surface area (Å²) in [6.07, 6.45) is 3.57. The predicted octanol–water partition coefficient (Wildman–Crippen LogP) is 2.97. The number of guanidine groups is 1. The Bertz CT molecular complexity index is 484. The number of nitrogens with zero attached hydrogens (tertiary/aromatic N) is 2. The molecule has 0 amide bonds. The lowest BCUT2D eigenvalue weighted by molar-refractivity contribution is 0.183. The number of ether oxygens (including phenoxy) is 1. The van der Waals surface area contributed by atoms with Gasteiger partial charge < -0.3 is 20.3 Å². The Morgan fingerprint density at radius 2 is 2.08 bits per heavy atom. The van der Waals surface area contributed by atoms with Crippen LogP contribution in [0.3, 0.4) is 0 Å². The van der Waals surface area contributed by atoms with Crippen molar-refractivity contribution in [2.24, 2.45) is 10.9 Å². The van der Waals surface area contributed by atoms with Crippen molar-refractivity contribution in [3.63, 3.8) is 0 Å². The lowest BCUT2D eigenvalue weighted by Gasteiger charge is -2.32. The molecule has 5 nitrogen and oxygen atoms in total. The number of hydrogen-bond donors (Lipinski definition) is 2. The summed E-state index contributed by atoms with van der Waals surface area (Å²) in [5, 5.41) is 6.83. The fraction of sp³-hybridized carbons (Fsp3) is 0.632. The molecule has 0 saturated carbocycles. The number of piperidine rings is 1. The summed E-state index contributed by atoms with van der Waals surface area (Å²) < 4.78 is 5.69. The summed E-state index contributed by atoms with van der Waals surface area (Å²) in [4.78, 5) is 6.84. The average molecular weight is 460 g/mol. The molecule has 1 saturated heterocycles. The van der Waals surface area contributed by atoms with E-state index in [-0.39, 0.29) is 24.0 Å². The summed E-state index contributed by atoms with van der Waals surface area (Å²) in [5.74, 6) is 2.54. The van der Waals surface area contributed by atoms with Gasteiger partial charge in [0.2, 0.25) is 0 Å². The monoisotopic (exact) mass is 460 g/mol. The predicted molar refractivity (Wildman–Crippen MR) is 116 cm³/mol. The van der Waals surface area contributed by atoms with Gasteiger partial charge in [0.05, 0.1) is 6.61 Å². The van der Waals surface area contributed by atoms with E-state index in [1.807, 2.05) is 37.4 Å². The molecule has 142 valence electrons. The summed E-state index contributed by atoms with van der Waals surface area (Å²) in [6, 6.07) is 9.94. The van der Waals surface area contributed by atoms with Crippen molar-refractivity contribution >= 4 is 29.9 Å². The zero-order chi connectivity index (χ0) is 17.0. The molecule has 0 aromatic heterocycles. The third-order valence-corrected chi connectivity index (χ3v) is 4.46. The maximum absolute atomic E-state index is 5.69. The Hall–Kier alpha value is -1.02. The molecule has 1 aliphatic rings. The van der Waals surface area contributed by atoms with Gasteiger partial charge in [-0.2, -0.15) is 0 Å². The quantitative estimate of drug-likeness (QED) is 0.271. The molecule has 0 bridgehead atoms. The minimum absolute atomic E-state index is 0. The zero-order valence-electron chi connectivity index (χ0n) is 15.5. The van der Waals surface area contributed by atoms with E-state index in [0.717, 1.165) is 43.7 Å². The first-order valence-corrected chi connectivity index (χ1v) is 9.16. The van der Waals surface area contributed by atoms with Gasteiger partial charge in [0, 0.05) is 26.7 Å². The molecule has 2 rings (SSSR count). The van der Waals surface area contributed by atoms with Crippen molar-refractivity contribution in [3.05, 3.63) is 30.3 Å². The standard InChI is InChI=1S/C19H32N4O.HI/c1-3-23-13-7-9-17(16-23)15-22-19(20-2)21-12-8-14-24-18-10-5-4-6-11-18;/h4-6,10-11,17H,3,7-9,12-16H2,1-2H3,(H2,20,21,22);1H. The normalized spacial score (nSPS) is 18.3. The van der Waals surface area contributed by atoms with E-state index in [4.69, 9.17) is 4.74 Å². The van der Waals surface area contributed by atoms with Gasteiger partial charge in [0.15, 0.2) is 5.96 Å². The van der Waals surface area contributed by atoms with Crippen molar-refractivity contribution in [1.29, 1.82) is 0 Å². The van der Waals surface area contributed by atoms with E-state index in [1.165, 1.54) is 25.9 Å². The number of likely N-dealkylation sites (tertiary alicyclic amines) is 1. The van der Waals surface area contributed by atoms with Gasteiger partial charge in [-0.3, -0.25) is 4.99 Å². The topological polar surface area (TPSA) is 48.9 Å². The highest BCUT2D eigenvalue weighted by atomic mass is 127. The van der Waals surface area contributed by atoms with Gasteiger partial charge in [0.25, 0.3) is 0 Å². The first kappa shape index (κ1) is 22.0. The smallest absolute Gasteiger partial charge is 0.190 e. The maximum atomic E-state index is 5.69. The van der Waals surface area contributed by atoms with Gasteiger partial charge in [-0.15, -0.1) is 24.0 Å². The van der Waals surface area contributed by atoms with Gasteiger partial charge in [-0.1, -0.05) is 25.1 Å². The van der Waals surface area contributed by atoms with Gasteiger partial charge in [-0.05, 0) is 50.4 Å². The molecule has 0 radical (unpaired) electrons. The molecule has 25 heavy (non-hydrogen) atoms. The minimum Gasteiger partial charge on any atom is -0.494 e. The largest absolute Gasteiger partial charge is 0.494 e. The second kappa shape index (κ2) is 13.2. The first-order valence-electron chi connectivity index (χ1n) is 9.16. The number of para-hydroxylation sites is 1. The summed E-state index contributed by atoms with van der Waals surface area (Å²) in [5.41, 5.74) is 0. The Labute approximate surface area is 169 Å². The molecule has 0 spiro atoms. The van der Waals surface area contributed by atoms with Gasteiger partial charge in [-0.25, -0.2) is 0 Å². The van der Waals surface area contributed by atoms with Crippen LogP contribution >= 0.6 is 24.0 Å². The number of benzene rings is 1. The van der Waals surface area contributed by atoms with E-state index < -0.39 is 0 Å². The summed E-state index contributed by atoms with van der Waals surface area (Å²) >= 11 is 0. The Kier molecular flexibility index (Phi) is 11.6. The van der Waals surface area contributed by atoms with Crippen LogP contribution in [0.25, 0.3) is 0 Å². The lowest BCUT2D eigenvalue weighted by atomic mass is 9.98. The van der Waals surface area contributed by atoms with Crippen molar-refractivity contribution < 1.29 is 4.74 Å². The van der Waals surface area contributed by atoms with Crippen LogP contribution in [0, 0.1) is 5.92 Å². The fourth-order valence-corrected chi connectivity index (χ4v) is 3.05. The van der Waals surface area contributed by atoms with E-state index >= 15 is 0 Å². The summed E-state index contributed by atoms with van der Waals surface area (Å²) in [7, 11) is 1.83. The minimum atomic E-state index is 0. The molecule has 2 N–H and O–H groups in total. The van der Waals surface area contributed by atoms with E-state index in [9.17, 15) is 0 Å². The SMILES string of the molecule is CCN1CCCC(CNC(=NC)NCCCOc2ccccc2)C1.I. The van der Waals surface area contributed by atoms with Crippen LogP contribution < -0.4 is 15.4 Å². The Morgan fingerprint density at radius 3 is 2.80 bits per heavy atom. The average Bonchev–Trinajstić information content (AvgIpc) is 2.65. The van der Waals surface area contributed by atoms with Crippen LogP contribution in [0.2, 0.25) is 0 Å². The Balaban J connectivity index is 0.00000312. The highest BCUT2D eigenvalue weighted by Gasteiger charge is 2.18. The van der Waals surface area contributed by atoms with Crippen LogP contribution in [0.1, 0.15) is 26.2 Å². The molecule has 1 aromatic rings. The number of rotatable bonds is 8.